The molecule has 14 heteroatoms. The van der Waals surface area contributed by atoms with Gasteiger partial charge in [-0.25, -0.2) is 0 Å². The topological polar surface area (TPSA) is 158 Å². The van der Waals surface area contributed by atoms with Crippen LogP contribution in [-0.2, 0) is 23.7 Å². The Kier molecular flexibility index (Phi) is 13.6. The van der Waals surface area contributed by atoms with E-state index in [2.05, 4.69) is 27.2 Å². The summed E-state index contributed by atoms with van der Waals surface area (Å²) >= 11 is 0. The Morgan fingerprint density at radius 1 is 0.756 bits per heavy atom. The number of hydrogen-bond donors (Lipinski definition) is 1. The van der Waals surface area contributed by atoms with Crippen molar-refractivity contribution in [1.82, 2.24) is 15.0 Å². The van der Waals surface area contributed by atoms with Crippen LogP contribution in [0.25, 0.3) is 10.4 Å². The van der Waals surface area contributed by atoms with Crippen LogP contribution in [0.15, 0.2) is 5.11 Å². The second-order valence-electron chi connectivity index (χ2n) is 13.1. The average molecular weight is 633 g/mol. The molecule has 2 heterocycles. The molecule has 4 saturated carbocycles. The third-order valence-electron chi connectivity index (χ3n) is 9.43. The highest BCUT2D eigenvalue weighted by Gasteiger charge is 2.51. The second-order valence-corrected chi connectivity index (χ2v) is 13.1. The molecular weight excluding hydrogens is 580 g/mol. The van der Waals surface area contributed by atoms with Crippen molar-refractivity contribution in [2.45, 2.75) is 63.8 Å². The molecule has 0 radical (unpaired) electrons. The molecule has 1 aliphatic heterocycles. The number of nitrogens with one attached hydrogen (secondary N) is 1. The molecule has 4 bridgehead atoms. The third kappa shape index (κ3) is 11.1. The van der Waals surface area contributed by atoms with Gasteiger partial charge in [0.1, 0.15) is 6.61 Å². The van der Waals surface area contributed by atoms with Crippen LogP contribution in [0.1, 0.15) is 58.3 Å². The number of aromatic nitrogens is 3. The van der Waals surface area contributed by atoms with Crippen LogP contribution >= 0.6 is 0 Å². The van der Waals surface area contributed by atoms with Gasteiger partial charge in [0.05, 0.1) is 66.1 Å². The molecule has 5 aliphatic rings. The Hall–Kier alpha value is -2.48. The van der Waals surface area contributed by atoms with Gasteiger partial charge in [0.25, 0.3) is 0 Å². The van der Waals surface area contributed by atoms with Gasteiger partial charge >= 0.3 is 6.01 Å². The lowest BCUT2D eigenvalue weighted by molar-refractivity contribution is -0.0124. The minimum absolute atomic E-state index is 0.120. The lowest BCUT2D eigenvalue weighted by Gasteiger charge is -2.56. The molecular formula is C31H52N8O6. The van der Waals surface area contributed by atoms with E-state index in [0.29, 0.717) is 91.2 Å². The highest BCUT2D eigenvalue weighted by Crippen LogP contribution is 2.56. The van der Waals surface area contributed by atoms with Gasteiger partial charge in [-0.15, -0.1) is 0 Å². The van der Waals surface area contributed by atoms with Gasteiger partial charge in [-0.1, -0.05) is 12.0 Å². The predicted molar refractivity (Wildman–Crippen MR) is 169 cm³/mol. The summed E-state index contributed by atoms with van der Waals surface area (Å²) in [5.41, 5.74) is 8.31. The standard InChI is InChI=1S/C31H52N8O6/c1-24-2-5-39(6-3-24)29-34-28(37-31-21-25-18-26(22-31)20-27(19-25)23-31)35-30(36-29)45-17-16-44-15-14-43-13-12-42-11-10-41-9-8-40-7-4-33-38-32/h24-27H,2-23H2,1H3,(H,34,35,36,37). The van der Waals surface area contributed by atoms with Gasteiger partial charge in [0, 0.05) is 30.1 Å². The van der Waals surface area contributed by atoms with Gasteiger partial charge in [-0.2, -0.15) is 15.0 Å². The molecule has 0 atom stereocenters. The fourth-order valence-electron chi connectivity index (χ4n) is 7.64. The molecule has 0 aromatic carbocycles. The summed E-state index contributed by atoms with van der Waals surface area (Å²) in [6.07, 6.45) is 10.2. The lowest BCUT2D eigenvalue weighted by atomic mass is 9.53. The van der Waals surface area contributed by atoms with E-state index < -0.39 is 0 Å². The van der Waals surface area contributed by atoms with Crippen molar-refractivity contribution >= 4 is 11.9 Å². The highest BCUT2D eigenvalue weighted by molar-refractivity contribution is 5.41. The summed E-state index contributed by atoms with van der Waals surface area (Å²) in [5, 5.41) is 7.22. The summed E-state index contributed by atoms with van der Waals surface area (Å²) < 4.78 is 33.5. The van der Waals surface area contributed by atoms with Gasteiger partial charge in [-0.05, 0) is 80.6 Å². The van der Waals surface area contributed by atoms with Gasteiger partial charge in [0.15, 0.2) is 0 Å². The van der Waals surface area contributed by atoms with Crippen LogP contribution in [0.4, 0.5) is 11.9 Å². The van der Waals surface area contributed by atoms with E-state index in [-0.39, 0.29) is 5.54 Å². The van der Waals surface area contributed by atoms with Crippen molar-refractivity contribution in [1.29, 1.82) is 0 Å². The number of rotatable bonds is 22. The first-order chi connectivity index (χ1) is 22.1. The van der Waals surface area contributed by atoms with Crippen molar-refractivity contribution in [3.05, 3.63) is 10.4 Å². The number of piperidine rings is 1. The van der Waals surface area contributed by atoms with Crippen LogP contribution in [0.5, 0.6) is 6.01 Å². The quantitative estimate of drug-likeness (QED) is 0.0843. The summed E-state index contributed by atoms with van der Waals surface area (Å²) in [6.45, 7) is 9.60. The third-order valence-corrected chi connectivity index (χ3v) is 9.43. The first-order valence-corrected chi connectivity index (χ1v) is 16.9. The Morgan fingerprint density at radius 2 is 1.27 bits per heavy atom. The van der Waals surface area contributed by atoms with Gasteiger partial charge in [0.2, 0.25) is 11.9 Å². The zero-order valence-electron chi connectivity index (χ0n) is 26.9. The van der Waals surface area contributed by atoms with Gasteiger partial charge < -0.3 is 38.6 Å². The van der Waals surface area contributed by atoms with Crippen molar-refractivity contribution in [3.63, 3.8) is 0 Å². The van der Waals surface area contributed by atoms with Crippen molar-refractivity contribution in [3.8, 4) is 6.01 Å². The number of ether oxygens (including phenoxy) is 6. The Balaban J connectivity index is 0.954. The summed E-state index contributed by atoms with van der Waals surface area (Å²) in [7, 11) is 0. The Bertz CT molecular complexity index is 1030. The van der Waals surface area contributed by atoms with E-state index in [1.54, 1.807) is 0 Å². The normalized spacial score (nSPS) is 25.8. The van der Waals surface area contributed by atoms with Crippen LogP contribution in [0, 0.1) is 23.7 Å². The maximum atomic E-state index is 8.19. The first-order valence-electron chi connectivity index (χ1n) is 16.9. The largest absolute Gasteiger partial charge is 0.461 e. The fourth-order valence-corrected chi connectivity index (χ4v) is 7.64. The van der Waals surface area contributed by atoms with Crippen molar-refractivity contribution < 1.29 is 28.4 Å². The molecule has 14 nitrogen and oxygen atoms in total. The van der Waals surface area contributed by atoms with Crippen LogP contribution < -0.4 is 15.0 Å². The molecule has 0 amide bonds. The molecule has 1 aromatic rings. The Morgan fingerprint density at radius 3 is 1.80 bits per heavy atom. The maximum Gasteiger partial charge on any atom is 0.323 e. The molecule has 1 aromatic heterocycles. The number of anilines is 2. The lowest BCUT2D eigenvalue weighted by Crippen LogP contribution is -2.55. The molecule has 5 fully saturated rings. The molecule has 45 heavy (non-hydrogen) atoms. The molecule has 0 unspecified atom stereocenters. The fraction of sp³-hybridized carbons (Fsp3) is 0.903. The summed E-state index contributed by atoms with van der Waals surface area (Å²) in [5.74, 6) is 4.65. The monoisotopic (exact) mass is 632 g/mol. The minimum Gasteiger partial charge on any atom is -0.461 e. The van der Waals surface area contributed by atoms with Gasteiger partial charge in [-0.3, -0.25) is 0 Å². The maximum absolute atomic E-state index is 8.19. The van der Waals surface area contributed by atoms with E-state index in [4.69, 9.17) is 48.9 Å². The zero-order valence-corrected chi connectivity index (χ0v) is 26.9. The number of azide groups is 1. The molecule has 252 valence electrons. The summed E-state index contributed by atoms with van der Waals surface area (Å²) in [4.78, 5) is 19.3. The SMILES string of the molecule is CC1CCN(c2nc(NC34CC5CC(CC(C5)C3)C4)nc(OCCOCCOCCOCCOCCOCCN=[N+]=[N-])n2)CC1. The molecule has 0 spiro atoms. The van der Waals surface area contributed by atoms with E-state index in [1.807, 2.05) is 0 Å². The zero-order chi connectivity index (χ0) is 31.2. The van der Waals surface area contributed by atoms with Crippen LogP contribution in [-0.4, -0.2) is 113 Å². The van der Waals surface area contributed by atoms with E-state index >= 15 is 0 Å². The average Bonchev–Trinajstić information content (AvgIpc) is 3.01. The summed E-state index contributed by atoms with van der Waals surface area (Å²) in [6, 6.07) is 0.365. The van der Waals surface area contributed by atoms with E-state index in [0.717, 1.165) is 55.6 Å². The number of hydrogen-bond acceptors (Lipinski definition) is 12. The van der Waals surface area contributed by atoms with Crippen LogP contribution in [0.3, 0.4) is 0 Å². The highest BCUT2D eigenvalue weighted by atomic mass is 16.6. The molecule has 1 saturated heterocycles. The van der Waals surface area contributed by atoms with Crippen molar-refractivity contribution in [2.24, 2.45) is 28.8 Å². The molecule has 4 aliphatic carbocycles. The van der Waals surface area contributed by atoms with Crippen LogP contribution in [0.2, 0.25) is 0 Å². The van der Waals surface area contributed by atoms with E-state index in [9.17, 15) is 0 Å². The van der Waals surface area contributed by atoms with Crippen molar-refractivity contribution in [2.75, 3.05) is 103 Å². The first kappa shape index (κ1) is 33.9. The van der Waals surface area contributed by atoms with E-state index in [1.165, 1.54) is 38.5 Å². The molecule has 6 rings (SSSR count). The number of nitrogens with zero attached hydrogens (tertiary/aromatic N) is 7. The second kappa shape index (κ2) is 18.0. The Labute approximate surface area is 266 Å². The smallest absolute Gasteiger partial charge is 0.323 e. The minimum atomic E-state index is 0.120. The predicted octanol–water partition coefficient (Wildman–Crippen LogP) is 4.26. The molecule has 1 N–H and O–H groups in total.